The lowest BCUT2D eigenvalue weighted by atomic mass is 10.1. The minimum absolute atomic E-state index is 0.246. The largest absolute Gasteiger partial charge is 0.489 e. The van der Waals surface area contributed by atoms with E-state index in [2.05, 4.69) is 15.3 Å². The average molecular weight is 443 g/mol. The fourth-order valence-electron chi connectivity index (χ4n) is 3.17. The van der Waals surface area contributed by atoms with Crippen LogP contribution in [0.25, 0.3) is 0 Å². The highest BCUT2D eigenvalue weighted by Gasteiger charge is 2.10. The first-order chi connectivity index (χ1) is 16.0. The van der Waals surface area contributed by atoms with Crippen LogP contribution in [-0.4, -0.2) is 15.9 Å². The van der Waals surface area contributed by atoms with E-state index in [0.29, 0.717) is 28.6 Å². The van der Waals surface area contributed by atoms with Gasteiger partial charge in [0.25, 0.3) is 5.91 Å². The van der Waals surface area contributed by atoms with Crippen LogP contribution < -0.4 is 14.8 Å². The van der Waals surface area contributed by atoms with Crippen LogP contribution in [0.1, 0.15) is 27.2 Å². The first-order valence-corrected chi connectivity index (χ1v) is 10.3. The minimum Gasteiger partial charge on any atom is -0.489 e. The molecule has 7 heteroatoms. The fourth-order valence-corrected chi connectivity index (χ4v) is 3.17. The Hall–Kier alpha value is -4.26. The van der Waals surface area contributed by atoms with Gasteiger partial charge in [0.2, 0.25) is 5.88 Å². The zero-order chi connectivity index (χ0) is 23.2. The summed E-state index contributed by atoms with van der Waals surface area (Å²) in [7, 11) is 0. The molecule has 0 radical (unpaired) electrons. The van der Waals surface area contributed by atoms with Gasteiger partial charge in [0.15, 0.2) is 0 Å². The third-order valence-corrected chi connectivity index (χ3v) is 4.83. The fraction of sp³-hybridized carbons (Fsp3) is 0.115. The van der Waals surface area contributed by atoms with Crippen molar-refractivity contribution in [3.8, 4) is 17.4 Å². The van der Waals surface area contributed by atoms with Crippen molar-refractivity contribution in [2.45, 2.75) is 20.5 Å². The molecule has 0 atom stereocenters. The van der Waals surface area contributed by atoms with Crippen molar-refractivity contribution < 1.29 is 18.7 Å². The van der Waals surface area contributed by atoms with Crippen LogP contribution >= 0.6 is 0 Å². The maximum Gasteiger partial charge on any atom is 0.257 e. The van der Waals surface area contributed by atoms with E-state index in [1.807, 2.05) is 19.9 Å². The van der Waals surface area contributed by atoms with E-state index in [9.17, 15) is 9.18 Å². The monoisotopic (exact) mass is 443 g/mol. The molecule has 0 aliphatic rings. The van der Waals surface area contributed by atoms with Gasteiger partial charge < -0.3 is 14.8 Å². The van der Waals surface area contributed by atoms with Crippen LogP contribution in [-0.2, 0) is 6.61 Å². The van der Waals surface area contributed by atoms with Crippen LogP contribution in [0.15, 0.2) is 79.1 Å². The van der Waals surface area contributed by atoms with E-state index >= 15 is 0 Å². The zero-order valence-electron chi connectivity index (χ0n) is 18.2. The molecule has 4 rings (SSSR count). The minimum atomic E-state index is -0.291. The second kappa shape index (κ2) is 9.91. The number of carbonyl (C=O) groups is 1. The number of pyridine rings is 2. The predicted octanol–water partition coefficient (Wildman–Crippen LogP) is 5.86. The van der Waals surface area contributed by atoms with E-state index in [4.69, 9.17) is 9.47 Å². The van der Waals surface area contributed by atoms with Gasteiger partial charge in [0, 0.05) is 18.0 Å². The molecule has 0 unspecified atom stereocenters. The quantitative estimate of drug-likeness (QED) is 0.388. The summed E-state index contributed by atoms with van der Waals surface area (Å²) >= 11 is 0. The molecule has 4 aromatic rings. The standard InChI is InChI=1S/C26H22FN3O3/c1-17-12-18(2)28-15-24(17)26(31)30-21-6-11-25(29-14-21)33-23-9-7-22(8-10-23)32-16-19-4-3-5-20(27)13-19/h3-15H,16H2,1-2H3,(H,30,31). The molecule has 0 bridgehead atoms. The van der Waals surface area contributed by atoms with E-state index in [0.717, 1.165) is 16.8 Å². The molecule has 2 aromatic carbocycles. The second-order valence-corrected chi connectivity index (χ2v) is 7.47. The number of hydrogen-bond donors (Lipinski definition) is 1. The molecular formula is C26H22FN3O3. The summed E-state index contributed by atoms with van der Waals surface area (Å²) < 4.78 is 24.7. The molecule has 1 amide bonds. The molecule has 1 N–H and O–H groups in total. The molecular weight excluding hydrogens is 421 g/mol. The number of ether oxygens (including phenoxy) is 2. The highest BCUT2D eigenvalue weighted by atomic mass is 19.1. The summed E-state index contributed by atoms with van der Waals surface area (Å²) in [6.07, 6.45) is 3.09. The Morgan fingerprint density at radius 3 is 2.42 bits per heavy atom. The average Bonchev–Trinajstić information content (AvgIpc) is 2.80. The molecule has 0 aliphatic heterocycles. The van der Waals surface area contributed by atoms with Gasteiger partial charge in [0.1, 0.15) is 23.9 Å². The molecule has 0 fully saturated rings. The molecule has 6 nitrogen and oxygen atoms in total. The summed E-state index contributed by atoms with van der Waals surface area (Å²) in [4.78, 5) is 20.9. The number of rotatable bonds is 7. The van der Waals surface area contributed by atoms with Gasteiger partial charge in [-0.2, -0.15) is 0 Å². The van der Waals surface area contributed by atoms with E-state index < -0.39 is 0 Å². The summed E-state index contributed by atoms with van der Waals surface area (Å²) in [5.74, 6) is 1.07. The van der Waals surface area contributed by atoms with Crippen molar-refractivity contribution in [2.24, 2.45) is 0 Å². The molecule has 0 spiro atoms. The highest BCUT2D eigenvalue weighted by Crippen LogP contribution is 2.24. The summed E-state index contributed by atoms with van der Waals surface area (Å²) in [5.41, 5.74) is 3.53. The summed E-state index contributed by atoms with van der Waals surface area (Å²) in [5, 5.41) is 2.81. The van der Waals surface area contributed by atoms with Gasteiger partial charge in [-0.25, -0.2) is 9.37 Å². The lowest BCUT2D eigenvalue weighted by Crippen LogP contribution is -2.14. The maximum atomic E-state index is 13.2. The molecule has 2 aromatic heterocycles. The van der Waals surface area contributed by atoms with Crippen LogP contribution in [0.4, 0.5) is 10.1 Å². The SMILES string of the molecule is Cc1cc(C)c(C(=O)Nc2ccc(Oc3ccc(OCc4cccc(F)c4)cc3)nc2)cn1. The lowest BCUT2D eigenvalue weighted by molar-refractivity contribution is 0.102. The Bertz CT molecular complexity index is 1260. The number of hydrogen-bond acceptors (Lipinski definition) is 5. The maximum absolute atomic E-state index is 13.2. The molecule has 0 saturated carbocycles. The van der Waals surface area contributed by atoms with Crippen LogP contribution in [0.2, 0.25) is 0 Å². The van der Waals surface area contributed by atoms with E-state index in [1.165, 1.54) is 18.3 Å². The van der Waals surface area contributed by atoms with Crippen molar-refractivity contribution in [3.05, 3.63) is 107 Å². The number of anilines is 1. The van der Waals surface area contributed by atoms with Crippen molar-refractivity contribution in [1.82, 2.24) is 9.97 Å². The molecule has 2 heterocycles. The topological polar surface area (TPSA) is 73.3 Å². The van der Waals surface area contributed by atoms with Gasteiger partial charge in [-0.1, -0.05) is 12.1 Å². The number of aryl methyl sites for hydroxylation is 2. The zero-order valence-corrected chi connectivity index (χ0v) is 18.2. The van der Waals surface area contributed by atoms with Crippen LogP contribution in [0.3, 0.4) is 0 Å². The second-order valence-electron chi connectivity index (χ2n) is 7.47. The van der Waals surface area contributed by atoms with Crippen LogP contribution in [0, 0.1) is 19.7 Å². The predicted molar refractivity (Wildman–Crippen MR) is 123 cm³/mol. The van der Waals surface area contributed by atoms with Crippen LogP contribution in [0.5, 0.6) is 17.4 Å². The van der Waals surface area contributed by atoms with Crippen molar-refractivity contribution >= 4 is 11.6 Å². The molecule has 166 valence electrons. The van der Waals surface area contributed by atoms with Gasteiger partial charge >= 0.3 is 0 Å². The Kier molecular flexibility index (Phi) is 6.59. The Morgan fingerprint density at radius 1 is 0.939 bits per heavy atom. The van der Waals surface area contributed by atoms with E-state index in [1.54, 1.807) is 54.7 Å². The van der Waals surface area contributed by atoms with Gasteiger partial charge in [-0.3, -0.25) is 9.78 Å². The molecule has 33 heavy (non-hydrogen) atoms. The number of aromatic nitrogens is 2. The molecule has 0 aliphatic carbocycles. The molecule has 0 saturated heterocycles. The first kappa shape index (κ1) is 22.0. The number of nitrogens with one attached hydrogen (secondary N) is 1. The number of carbonyl (C=O) groups excluding carboxylic acids is 1. The Morgan fingerprint density at radius 2 is 1.73 bits per heavy atom. The highest BCUT2D eigenvalue weighted by molar-refractivity contribution is 6.05. The van der Waals surface area contributed by atoms with Gasteiger partial charge in [-0.15, -0.1) is 0 Å². The van der Waals surface area contributed by atoms with Crippen molar-refractivity contribution in [3.63, 3.8) is 0 Å². The number of nitrogens with zero attached hydrogens (tertiary/aromatic N) is 2. The van der Waals surface area contributed by atoms with Gasteiger partial charge in [-0.05, 0) is 73.5 Å². The third-order valence-electron chi connectivity index (χ3n) is 4.83. The summed E-state index contributed by atoms with van der Waals surface area (Å²) in [6.45, 7) is 4.02. The third kappa shape index (κ3) is 5.92. The Labute approximate surface area is 191 Å². The van der Waals surface area contributed by atoms with Crippen molar-refractivity contribution in [2.75, 3.05) is 5.32 Å². The smallest absolute Gasteiger partial charge is 0.257 e. The number of halogens is 1. The number of benzene rings is 2. The Balaban J connectivity index is 1.32. The number of amides is 1. The lowest BCUT2D eigenvalue weighted by Gasteiger charge is -2.10. The first-order valence-electron chi connectivity index (χ1n) is 10.3. The van der Waals surface area contributed by atoms with E-state index in [-0.39, 0.29) is 18.3 Å². The normalized spacial score (nSPS) is 10.5. The summed E-state index contributed by atoms with van der Waals surface area (Å²) in [6, 6.07) is 18.6. The van der Waals surface area contributed by atoms with Gasteiger partial charge in [0.05, 0.1) is 17.4 Å². The van der Waals surface area contributed by atoms with Crippen molar-refractivity contribution in [1.29, 1.82) is 0 Å².